The Morgan fingerprint density at radius 1 is 1.06 bits per heavy atom. The number of rotatable bonds is 10. The van der Waals surface area contributed by atoms with Crippen molar-refractivity contribution in [3.63, 3.8) is 0 Å². The lowest BCUT2D eigenvalue weighted by atomic mass is 10.1. The number of methoxy groups -OCH3 is 3. The van der Waals surface area contributed by atoms with Crippen molar-refractivity contribution in [2.24, 2.45) is 5.10 Å². The number of nitrogens with one attached hydrogen (secondary N) is 1. The van der Waals surface area contributed by atoms with Gasteiger partial charge in [0.25, 0.3) is 0 Å². The first kappa shape index (κ1) is 23.4. The third-order valence-corrected chi connectivity index (χ3v) is 6.03. The van der Waals surface area contributed by atoms with Crippen LogP contribution < -0.4 is 19.5 Å². The van der Waals surface area contributed by atoms with Crippen LogP contribution in [0.4, 0.5) is 5.82 Å². The highest BCUT2D eigenvalue weighted by Crippen LogP contribution is 2.39. The monoisotopic (exact) mass is 464 g/mol. The molecular weight excluding hydrogens is 432 g/mol. The number of aromatic nitrogens is 3. The summed E-state index contributed by atoms with van der Waals surface area (Å²) >= 11 is 0. The number of ether oxygens (including phenoxy) is 3. The van der Waals surface area contributed by atoms with Crippen LogP contribution in [0.1, 0.15) is 30.7 Å². The minimum absolute atomic E-state index is 0.540. The van der Waals surface area contributed by atoms with E-state index in [0.717, 1.165) is 36.7 Å². The van der Waals surface area contributed by atoms with Gasteiger partial charge in [0, 0.05) is 25.4 Å². The van der Waals surface area contributed by atoms with E-state index in [1.807, 2.05) is 33.6 Å². The summed E-state index contributed by atoms with van der Waals surface area (Å²) in [6.07, 6.45) is 7.39. The first-order valence-corrected chi connectivity index (χ1v) is 11.3. The third-order valence-electron chi connectivity index (χ3n) is 6.03. The highest BCUT2D eigenvalue weighted by Gasteiger charge is 2.17. The van der Waals surface area contributed by atoms with Gasteiger partial charge in [-0.05, 0) is 38.1 Å². The van der Waals surface area contributed by atoms with E-state index < -0.39 is 0 Å². The summed E-state index contributed by atoms with van der Waals surface area (Å²) in [4.78, 5) is 6.94. The number of nitrogens with zero attached hydrogens (tertiary/aromatic N) is 5. The lowest BCUT2D eigenvalue weighted by Crippen LogP contribution is -2.29. The second kappa shape index (κ2) is 10.5. The molecule has 0 spiro atoms. The molecule has 1 fully saturated rings. The Labute approximate surface area is 200 Å². The molecule has 4 rings (SSSR count). The molecule has 34 heavy (non-hydrogen) atoms. The zero-order valence-corrected chi connectivity index (χ0v) is 20.1. The average Bonchev–Trinajstić information content (AvgIpc) is 3.50. The van der Waals surface area contributed by atoms with Gasteiger partial charge in [-0.15, -0.1) is 0 Å². The number of hydrogen-bond donors (Lipinski definition) is 1. The molecule has 0 unspecified atom stereocenters. The first-order chi connectivity index (χ1) is 16.6. The van der Waals surface area contributed by atoms with Crippen molar-refractivity contribution >= 4 is 18.2 Å². The van der Waals surface area contributed by atoms with Crippen LogP contribution in [0.2, 0.25) is 0 Å². The summed E-state index contributed by atoms with van der Waals surface area (Å²) < 4.78 is 20.0. The van der Waals surface area contributed by atoms with E-state index in [1.165, 1.54) is 19.3 Å². The molecule has 0 radical (unpaired) electrons. The molecule has 2 aromatic heterocycles. The fourth-order valence-electron chi connectivity index (χ4n) is 4.30. The van der Waals surface area contributed by atoms with Gasteiger partial charge >= 0.3 is 0 Å². The Morgan fingerprint density at radius 2 is 1.76 bits per heavy atom. The van der Waals surface area contributed by atoms with Crippen LogP contribution in [-0.4, -0.2) is 60.3 Å². The van der Waals surface area contributed by atoms with Gasteiger partial charge in [-0.3, -0.25) is 4.90 Å². The van der Waals surface area contributed by atoms with Crippen LogP contribution in [0.3, 0.4) is 0 Å². The van der Waals surface area contributed by atoms with Crippen molar-refractivity contribution in [2.75, 3.05) is 39.7 Å². The SMILES string of the molecule is C=Nn1c(CN2CCCCC2)ccc1C(=C)Nc1cn(-c2cc(OC)c(OC)c(OC)c2)cn1. The molecule has 1 aliphatic heterocycles. The maximum Gasteiger partial charge on any atom is 0.203 e. The zero-order chi connectivity index (χ0) is 24.1. The molecule has 9 nitrogen and oxygen atoms in total. The van der Waals surface area contributed by atoms with Gasteiger partial charge in [0.1, 0.15) is 12.1 Å². The van der Waals surface area contributed by atoms with E-state index in [0.29, 0.717) is 28.8 Å². The molecule has 1 aromatic carbocycles. The summed E-state index contributed by atoms with van der Waals surface area (Å²) in [5, 5.41) is 7.52. The number of piperidine rings is 1. The van der Waals surface area contributed by atoms with Gasteiger partial charge < -0.3 is 24.1 Å². The van der Waals surface area contributed by atoms with Crippen molar-refractivity contribution in [3.8, 4) is 22.9 Å². The van der Waals surface area contributed by atoms with Gasteiger partial charge in [0.05, 0.1) is 50.3 Å². The summed E-state index contributed by atoms with van der Waals surface area (Å²) in [5.41, 5.74) is 3.45. The van der Waals surface area contributed by atoms with Gasteiger partial charge in [-0.25, -0.2) is 9.66 Å². The number of hydrogen-bond acceptors (Lipinski definition) is 7. The van der Waals surface area contributed by atoms with Gasteiger partial charge in [-0.2, -0.15) is 5.10 Å². The normalized spacial score (nSPS) is 14.0. The third kappa shape index (κ3) is 4.79. The van der Waals surface area contributed by atoms with E-state index in [9.17, 15) is 0 Å². The topological polar surface area (TPSA) is 78.1 Å². The average molecular weight is 465 g/mol. The molecule has 0 bridgehead atoms. The van der Waals surface area contributed by atoms with E-state index in [2.05, 4.69) is 39.7 Å². The highest BCUT2D eigenvalue weighted by atomic mass is 16.5. The zero-order valence-electron chi connectivity index (χ0n) is 20.1. The standard InChI is InChI=1S/C25H32N6O3/c1-18(21-10-9-19(31(21)26-2)15-29-11-7-6-8-12-29)28-24-16-30(17-27-24)20-13-22(32-3)25(34-5)23(14-20)33-4/h9-10,13-14,16-17,28H,1-2,6-8,11-12,15H2,3-5H3. The van der Waals surface area contributed by atoms with Crippen molar-refractivity contribution in [2.45, 2.75) is 25.8 Å². The van der Waals surface area contributed by atoms with Crippen molar-refractivity contribution in [1.82, 2.24) is 19.1 Å². The Bertz CT molecular complexity index is 1130. The lowest BCUT2D eigenvalue weighted by Gasteiger charge is -2.26. The highest BCUT2D eigenvalue weighted by molar-refractivity contribution is 5.72. The molecule has 1 aliphatic rings. The summed E-state index contributed by atoms with van der Waals surface area (Å²) in [6.45, 7) is 11.1. The summed E-state index contributed by atoms with van der Waals surface area (Å²) in [7, 11) is 4.76. The van der Waals surface area contributed by atoms with Crippen LogP contribution >= 0.6 is 0 Å². The predicted octanol–water partition coefficient (Wildman–Crippen LogP) is 4.23. The van der Waals surface area contributed by atoms with E-state index in [4.69, 9.17) is 14.2 Å². The maximum absolute atomic E-state index is 5.46. The fourth-order valence-corrected chi connectivity index (χ4v) is 4.30. The Kier molecular flexibility index (Phi) is 7.22. The number of likely N-dealkylation sites (tertiary alicyclic amines) is 1. The molecule has 0 atom stereocenters. The Balaban J connectivity index is 1.51. The van der Waals surface area contributed by atoms with Crippen molar-refractivity contribution < 1.29 is 14.2 Å². The van der Waals surface area contributed by atoms with E-state index in [-0.39, 0.29) is 0 Å². The van der Waals surface area contributed by atoms with Gasteiger partial charge in [0.2, 0.25) is 5.75 Å². The first-order valence-electron chi connectivity index (χ1n) is 11.3. The van der Waals surface area contributed by atoms with Gasteiger partial charge in [0.15, 0.2) is 11.5 Å². The Hall–Kier alpha value is -3.72. The molecule has 9 heteroatoms. The molecule has 1 N–H and O–H groups in total. The molecule has 0 amide bonds. The van der Waals surface area contributed by atoms with Gasteiger partial charge in [-0.1, -0.05) is 13.0 Å². The molecule has 1 saturated heterocycles. The quantitative estimate of drug-likeness (QED) is 0.453. The van der Waals surface area contributed by atoms with Crippen LogP contribution in [0, 0.1) is 0 Å². The number of benzene rings is 1. The molecular formula is C25H32N6O3. The van der Waals surface area contributed by atoms with E-state index in [1.54, 1.807) is 27.7 Å². The summed E-state index contributed by atoms with van der Waals surface area (Å²) in [5.74, 6) is 2.33. The second-order valence-corrected chi connectivity index (χ2v) is 8.15. The smallest absolute Gasteiger partial charge is 0.203 e. The largest absolute Gasteiger partial charge is 0.493 e. The lowest BCUT2D eigenvalue weighted by molar-refractivity contribution is 0.216. The fraction of sp³-hybridized carbons (Fsp3) is 0.360. The Morgan fingerprint density at radius 3 is 2.38 bits per heavy atom. The van der Waals surface area contributed by atoms with Crippen LogP contribution in [0.5, 0.6) is 17.2 Å². The number of imidazole rings is 1. The summed E-state index contributed by atoms with van der Waals surface area (Å²) in [6, 6.07) is 7.82. The maximum atomic E-state index is 5.46. The van der Waals surface area contributed by atoms with Crippen molar-refractivity contribution in [3.05, 3.63) is 54.8 Å². The minimum atomic E-state index is 0.540. The minimum Gasteiger partial charge on any atom is -0.493 e. The molecule has 0 aliphatic carbocycles. The molecule has 180 valence electrons. The predicted molar refractivity (Wildman–Crippen MR) is 134 cm³/mol. The van der Waals surface area contributed by atoms with E-state index >= 15 is 0 Å². The molecule has 0 saturated carbocycles. The molecule has 3 aromatic rings. The van der Waals surface area contributed by atoms with Crippen LogP contribution in [0.15, 0.2) is 48.5 Å². The van der Waals surface area contributed by atoms with Crippen LogP contribution in [0.25, 0.3) is 11.4 Å². The number of anilines is 1. The van der Waals surface area contributed by atoms with Crippen LogP contribution in [-0.2, 0) is 6.54 Å². The second-order valence-electron chi connectivity index (χ2n) is 8.15. The molecule has 3 heterocycles. The van der Waals surface area contributed by atoms with Crippen molar-refractivity contribution in [1.29, 1.82) is 0 Å².